The third-order valence-electron chi connectivity index (χ3n) is 4.11. The molecule has 0 amide bonds. The minimum Gasteiger partial charge on any atom is -0.298 e. The van der Waals surface area contributed by atoms with Crippen LogP contribution in [-0.4, -0.2) is 23.8 Å². The Morgan fingerprint density at radius 1 is 0.727 bits per heavy atom. The second kappa shape index (κ2) is 13.7. The maximum atomic E-state index is 12.0. The highest BCUT2D eigenvalue weighted by Crippen LogP contribution is 2.13. The van der Waals surface area contributed by atoms with Crippen molar-refractivity contribution in [3.63, 3.8) is 0 Å². The fourth-order valence-electron chi connectivity index (χ4n) is 2.66. The highest BCUT2D eigenvalue weighted by atomic mass is 16.1. The first kappa shape index (κ1) is 21.0. The minimum absolute atomic E-state index is 0.0204. The molecular weight excluding hydrogens is 274 g/mol. The van der Waals surface area contributed by atoms with E-state index in [0.717, 1.165) is 18.7 Å². The van der Waals surface area contributed by atoms with Gasteiger partial charge in [-0.05, 0) is 12.8 Å². The van der Waals surface area contributed by atoms with E-state index < -0.39 is 5.92 Å². The molecule has 0 aliphatic heterocycles. The van der Waals surface area contributed by atoms with E-state index in [2.05, 4.69) is 11.9 Å². The topological polar surface area (TPSA) is 46.5 Å². The zero-order valence-electron chi connectivity index (χ0n) is 15.1. The lowest BCUT2D eigenvalue weighted by Crippen LogP contribution is -2.31. The average molecular weight is 309 g/mol. The maximum absolute atomic E-state index is 12.0. The van der Waals surface area contributed by atoms with Crippen LogP contribution in [0.15, 0.2) is 4.99 Å². The van der Waals surface area contributed by atoms with Gasteiger partial charge in [0.1, 0.15) is 17.5 Å². The third-order valence-corrected chi connectivity index (χ3v) is 4.11. The number of carbonyl (C=O) groups is 2. The molecule has 0 atom stereocenters. The van der Waals surface area contributed by atoms with Crippen LogP contribution in [0.1, 0.15) is 91.9 Å². The monoisotopic (exact) mass is 309 g/mol. The van der Waals surface area contributed by atoms with Crippen molar-refractivity contribution in [2.24, 2.45) is 10.9 Å². The predicted octanol–water partition coefficient (Wildman–Crippen LogP) is 5.16. The van der Waals surface area contributed by atoms with Gasteiger partial charge in [-0.15, -0.1) is 0 Å². The third kappa shape index (κ3) is 8.45. The van der Waals surface area contributed by atoms with Crippen molar-refractivity contribution >= 4 is 17.3 Å². The lowest BCUT2D eigenvalue weighted by Gasteiger charge is -2.15. The summed E-state index contributed by atoms with van der Waals surface area (Å²) in [5, 5.41) is 0. The fraction of sp³-hybridized carbons (Fsp3) is 0.842. The summed E-state index contributed by atoms with van der Waals surface area (Å²) in [5.41, 5.74) is 0.796. The first-order valence-corrected chi connectivity index (χ1v) is 9.20. The van der Waals surface area contributed by atoms with Crippen LogP contribution in [0.5, 0.6) is 0 Å². The Morgan fingerprint density at radius 3 is 1.68 bits per heavy atom. The maximum Gasteiger partial charge on any atom is 0.148 e. The Labute approximate surface area is 137 Å². The molecule has 0 heterocycles. The number of rotatable bonds is 14. The van der Waals surface area contributed by atoms with Crippen molar-refractivity contribution in [2.45, 2.75) is 91.9 Å². The molecule has 3 nitrogen and oxygen atoms in total. The highest BCUT2D eigenvalue weighted by Gasteiger charge is 2.27. The van der Waals surface area contributed by atoms with Gasteiger partial charge in [0.15, 0.2) is 0 Å². The summed E-state index contributed by atoms with van der Waals surface area (Å²) in [7, 11) is 0. The lowest BCUT2D eigenvalue weighted by atomic mass is 9.89. The minimum atomic E-state index is -0.579. The Morgan fingerprint density at radius 2 is 1.23 bits per heavy atom. The van der Waals surface area contributed by atoms with Crippen LogP contribution in [0.3, 0.4) is 0 Å². The molecule has 0 fully saturated rings. The number of hydrogen-bond donors (Lipinski definition) is 0. The Kier molecular flexibility index (Phi) is 13.0. The van der Waals surface area contributed by atoms with Crippen LogP contribution in [-0.2, 0) is 9.59 Å². The molecule has 0 aliphatic rings. The second-order valence-corrected chi connectivity index (χ2v) is 5.92. The van der Waals surface area contributed by atoms with Gasteiger partial charge in [-0.2, -0.15) is 0 Å². The van der Waals surface area contributed by atoms with Gasteiger partial charge < -0.3 is 0 Å². The summed E-state index contributed by atoms with van der Waals surface area (Å²) in [4.78, 5) is 28.7. The van der Waals surface area contributed by atoms with Crippen LogP contribution in [0.25, 0.3) is 0 Å². The van der Waals surface area contributed by atoms with E-state index >= 15 is 0 Å². The normalized spacial score (nSPS) is 12.0. The quantitative estimate of drug-likeness (QED) is 0.253. The summed E-state index contributed by atoms with van der Waals surface area (Å²) in [6.07, 6.45) is 10.3. The second-order valence-electron chi connectivity index (χ2n) is 5.92. The van der Waals surface area contributed by atoms with E-state index in [0.29, 0.717) is 19.3 Å². The fourth-order valence-corrected chi connectivity index (χ4v) is 2.66. The number of hydrogen-bond acceptors (Lipinski definition) is 3. The Bertz CT molecular complexity index is 331. The van der Waals surface area contributed by atoms with E-state index in [1.54, 1.807) is 0 Å². The Hall–Kier alpha value is -0.990. The summed E-state index contributed by atoms with van der Waals surface area (Å²) in [5.74, 6) is -0.538. The SMILES string of the molecule is CCCCCCCCCN=C(CC)C(C(=O)CC)C(=O)CC. The van der Waals surface area contributed by atoms with Crippen LogP contribution >= 0.6 is 0 Å². The van der Waals surface area contributed by atoms with Gasteiger partial charge in [-0.25, -0.2) is 0 Å². The Balaban J connectivity index is 4.34. The standard InChI is InChI=1S/C19H35NO2/c1-5-9-10-11-12-13-14-15-20-16(6-2)19(17(21)7-3)18(22)8-4/h19H,5-15H2,1-4H3. The van der Waals surface area contributed by atoms with Crippen molar-refractivity contribution in [3.8, 4) is 0 Å². The van der Waals surface area contributed by atoms with Crippen molar-refractivity contribution in [3.05, 3.63) is 0 Å². The van der Waals surface area contributed by atoms with Crippen LogP contribution in [0.4, 0.5) is 0 Å². The molecule has 0 saturated carbocycles. The largest absolute Gasteiger partial charge is 0.298 e. The van der Waals surface area contributed by atoms with Crippen molar-refractivity contribution in [2.75, 3.05) is 6.54 Å². The summed E-state index contributed by atoms with van der Waals surface area (Å²) in [6.45, 7) is 8.61. The van der Waals surface area contributed by atoms with E-state index in [1.165, 1.54) is 38.5 Å². The number of aliphatic imine (C=N–C) groups is 1. The van der Waals surface area contributed by atoms with Crippen LogP contribution in [0, 0.1) is 5.92 Å². The lowest BCUT2D eigenvalue weighted by molar-refractivity contribution is -0.129. The molecular formula is C19H35NO2. The average Bonchev–Trinajstić information content (AvgIpc) is 2.54. The molecule has 0 bridgehead atoms. The number of nitrogens with zero attached hydrogens (tertiary/aromatic N) is 1. The summed E-state index contributed by atoms with van der Waals surface area (Å²) in [6, 6.07) is 0. The molecule has 22 heavy (non-hydrogen) atoms. The molecule has 3 heteroatoms. The van der Waals surface area contributed by atoms with E-state index in [1.807, 2.05) is 20.8 Å². The first-order chi connectivity index (χ1) is 10.6. The zero-order valence-corrected chi connectivity index (χ0v) is 15.1. The molecule has 0 aromatic rings. The molecule has 0 aromatic carbocycles. The number of Topliss-reactive ketones (excluding diaryl/α,β-unsaturated/α-hetero) is 2. The van der Waals surface area contributed by atoms with Crippen LogP contribution < -0.4 is 0 Å². The van der Waals surface area contributed by atoms with E-state index in [4.69, 9.17) is 0 Å². The van der Waals surface area contributed by atoms with Crippen LogP contribution in [0.2, 0.25) is 0 Å². The summed E-state index contributed by atoms with van der Waals surface area (Å²) < 4.78 is 0. The highest BCUT2D eigenvalue weighted by molar-refractivity contribution is 6.20. The van der Waals surface area contributed by atoms with Gasteiger partial charge in [0.05, 0.1) is 0 Å². The van der Waals surface area contributed by atoms with Gasteiger partial charge in [-0.1, -0.05) is 66.2 Å². The molecule has 0 unspecified atom stereocenters. The first-order valence-electron chi connectivity index (χ1n) is 9.20. The van der Waals surface area contributed by atoms with Gasteiger partial charge in [0.25, 0.3) is 0 Å². The van der Waals surface area contributed by atoms with E-state index in [9.17, 15) is 9.59 Å². The molecule has 128 valence electrons. The molecule has 0 saturated heterocycles. The molecule has 0 aromatic heterocycles. The summed E-state index contributed by atoms with van der Waals surface area (Å²) >= 11 is 0. The van der Waals surface area contributed by atoms with Gasteiger partial charge in [0.2, 0.25) is 0 Å². The number of unbranched alkanes of at least 4 members (excludes halogenated alkanes) is 6. The molecule has 0 spiro atoms. The van der Waals surface area contributed by atoms with Gasteiger partial charge in [-0.3, -0.25) is 14.6 Å². The molecule has 0 N–H and O–H groups in total. The van der Waals surface area contributed by atoms with Gasteiger partial charge in [0, 0.05) is 25.1 Å². The van der Waals surface area contributed by atoms with Crippen molar-refractivity contribution < 1.29 is 9.59 Å². The zero-order chi connectivity index (χ0) is 16.8. The van der Waals surface area contributed by atoms with Crippen molar-refractivity contribution in [1.29, 1.82) is 0 Å². The molecule has 0 rings (SSSR count). The number of carbonyl (C=O) groups excluding carboxylic acids is 2. The number of ketones is 2. The predicted molar refractivity (Wildman–Crippen MR) is 94.7 cm³/mol. The van der Waals surface area contributed by atoms with E-state index in [-0.39, 0.29) is 11.6 Å². The van der Waals surface area contributed by atoms with Gasteiger partial charge >= 0.3 is 0 Å². The molecule has 0 radical (unpaired) electrons. The van der Waals surface area contributed by atoms with Crippen molar-refractivity contribution in [1.82, 2.24) is 0 Å². The molecule has 0 aliphatic carbocycles. The smallest absolute Gasteiger partial charge is 0.148 e.